The lowest BCUT2D eigenvalue weighted by Crippen LogP contribution is -2.24. The average molecular weight is 315 g/mol. The minimum atomic E-state index is -4.40. The quantitative estimate of drug-likeness (QED) is 0.869. The van der Waals surface area contributed by atoms with Gasteiger partial charge in [0.15, 0.2) is 0 Å². The molecule has 2 rings (SSSR count). The van der Waals surface area contributed by atoms with Crippen LogP contribution in [0.1, 0.15) is 35.1 Å². The van der Waals surface area contributed by atoms with Gasteiger partial charge in [0.25, 0.3) is 0 Å². The standard InChI is InChI=1S/C15H16F3NOS/c1-10(14-6-3-7-21-14)19-9-13(20)11-4-2-5-12(8-11)15(16,17)18/h2-8,10,13,19-20H,9H2,1H3/t10-,13?/m0/s1. The Labute approximate surface area is 125 Å². The molecule has 0 bridgehead atoms. The van der Waals surface area contributed by atoms with E-state index in [4.69, 9.17) is 0 Å². The predicted molar refractivity (Wildman–Crippen MR) is 77.1 cm³/mol. The normalized spacial score (nSPS) is 14.9. The second-order valence-corrected chi connectivity index (χ2v) is 5.76. The number of hydrogen-bond donors (Lipinski definition) is 2. The zero-order valence-corrected chi connectivity index (χ0v) is 12.2. The number of nitrogens with one attached hydrogen (secondary N) is 1. The van der Waals surface area contributed by atoms with Crippen LogP contribution in [-0.2, 0) is 6.18 Å². The van der Waals surface area contributed by atoms with Gasteiger partial charge >= 0.3 is 6.18 Å². The van der Waals surface area contributed by atoms with E-state index in [2.05, 4.69) is 5.32 Å². The van der Waals surface area contributed by atoms with Gasteiger partial charge in [0.1, 0.15) is 0 Å². The molecule has 1 heterocycles. The Kier molecular flexibility index (Phi) is 5.03. The lowest BCUT2D eigenvalue weighted by atomic mass is 10.1. The molecule has 2 aromatic rings. The van der Waals surface area contributed by atoms with Gasteiger partial charge in [-0.1, -0.05) is 18.2 Å². The fraction of sp³-hybridized carbons (Fsp3) is 0.333. The lowest BCUT2D eigenvalue weighted by molar-refractivity contribution is -0.137. The highest BCUT2D eigenvalue weighted by Crippen LogP contribution is 2.30. The summed E-state index contributed by atoms with van der Waals surface area (Å²) in [4.78, 5) is 1.12. The summed E-state index contributed by atoms with van der Waals surface area (Å²) in [7, 11) is 0. The molecular formula is C15H16F3NOS. The smallest absolute Gasteiger partial charge is 0.387 e. The molecule has 2 N–H and O–H groups in total. The Balaban J connectivity index is 1.99. The molecule has 21 heavy (non-hydrogen) atoms. The van der Waals surface area contributed by atoms with Crippen molar-refractivity contribution < 1.29 is 18.3 Å². The number of halogens is 3. The summed E-state index contributed by atoms with van der Waals surface area (Å²) < 4.78 is 37.9. The molecule has 6 heteroatoms. The third-order valence-electron chi connectivity index (χ3n) is 3.19. The maximum Gasteiger partial charge on any atom is 0.416 e. The van der Waals surface area contributed by atoms with Gasteiger partial charge in [-0.3, -0.25) is 0 Å². The molecule has 0 aliphatic rings. The van der Waals surface area contributed by atoms with E-state index in [1.54, 1.807) is 11.3 Å². The first-order valence-corrected chi connectivity index (χ1v) is 7.38. The highest BCUT2D eigenvalue weighted by atomic mass is 32.1. The van der Waals surface area contributed by atoms with Crippen molar-refractivity contribution in [2.45, 2.75) is 25.2 Å². The predicted octanol–water partition coefficient (Wildman–Crippen LogP) is 4.15. The van der Waals surface area contributed by atoms with Gasteiger partial charge in [-0.05, 0) is 36.1 Å². The maximum absolute atomic E-state index is 12.6. The van der Waals surface area contributed by atoms with E-state index in [-0.39, 0.29) is 18.2 Å². The summed E-state index contributed by atoms with van der Waals surface area (Å²) in [6.45, 7) is 2.14. The molecule has 0 saturated carbocycles. The SMILES string of the molecule is C[C@H](NCC(O)c1cccc(C(F)(F)F)c1)c1cccs1. The molecule has 0 saturated heterocycles. The van der Waals surface area contributed by atoms with E-state index < -0.39 is 17.8 Å². The van der Waals surface area contributed by atoms with Crippen molar-refractivity contribution in [2.75, 3.05) is 6.54 Å². The van der Waals surface area contributed by atoms with Gasteiger partial charge < -0.3 is 10.4 Å². The van der Waals surface area contributed by atoms with Crippen LogP contribution < -0.4 is 5.32 Å². The number of alkyl halides is 3. The first-order valence-electron chi connectivity index (χ1n) is 6.50. The van der Waals surface area contributed by atoms with Crippen molar-refractivity contribution in [1.29, 1.82) is 0 Å². The third kappa shape index (κ3) is 4.30. The van der Waals surface area contributed by atoms with E-state index in [0.717, 1.165) is 17.0 Å². The number of thiophene rings is 1. The topological polar surface area (TPSA) is 32.3 Å². The number of aliphatic hydroxyl groups excluding tert-OH is 1. The first-order chi connectivity index (χ1) is 9.88. The van der Waals surface area contributed by atoms with Crippen molar-refractivity contribution in [2.24, 2.45) is 0 Å². The van der Waals surface area contributed by atoms with Gasteiger partial charge in [-0.2, -0.15) is 13.2 Å². The van der Waals surface area contributed by atoms with Crippen LogP contribution >= 0.6 is 11.3 Å². The van der Waals surface area contributed by atoms with Crippen LogP contribution in [-0.4, -0.2) is 11.7 Å². The van der Waals surface area contributed by atoms with Crippen LogP contribution in [0, 0.1) is 0 Å². The largest absolute Gasteiger partial charge is 0.416 e. The van der Waals surface area contributed by atoms with Crippen molar-refractivity contribution in [3.63, 3.8) is 0 Å². The van der Waals surface area contributed by atoms with Crippen LogP contribution in [0.25, 0.3) is 0 Å². The molecule has 0 radical (unpaired) electrons. The van der Waals surface area contributed by atoms with Crippen molar-refractivity contribution in [3.05, 3.63) is 57.8 Å². The first kappa shape index (κ1) is 16.0. The molecule has 0 amide bonds. The number of benzene rings is 1. The highest BCUT2D eigenvalue weighted by Gasteiger charge is 2.30. The molecule has 0 spiro atoms. The van der Waals surface area contributed by atoms with Crippen LogP contribution in [0.3, 0.4) is 0 Å². The molecule has 1 aromatic carbocycles. The minimum absolute atomic E-state index is 0.0467. The van der Waals surface area contributed by atoms with E-state index in [1.807, 2.05) is 24.4 Å². The average Bonchev–Trinajstić information content (AvgIpc) is 2.98. The molecule has 2 nitrogen and oxygen atoms in total. The zero-order valence-electron chi connectivity index (χ0n) is 11.4. The fourth-order valence-electron chi connectivity index (χ4n) is 1.97. The second-order valence-electron chi connectivity index (χ2n) is 4.78. The Bertz CT molecular complexity index is 569. The van der Waals surface area contributed by atoms with E-state index in [1.165, 1.54) is 12.1 Å². The van der Waals surface area contributed by atoms with Gasteiger partial charge in [-0.15, -0.1) is 11.3 Å². The van der Waals surface area contributed by atoms with Crippen LogP contribution in [0.4, 0.5) is 13.2 Å². The Hall–Kier alpha value is -1.37. The van der Waals surface area contributed by atoms with E-state index in [0.29, 0.717) is 0 Å². The van der Waals surface area contributed by atoms with E-state index >= 15 is 0 Å². The van der Waals surface area contributed by atoms with Crippen LogP contribution in [0.2, 0.25) is 0 Å². The maximum atomic E-state index is 12.6. The van der Waals surface area contributed by atoms with Crippen LogP contribution in [0.5, 0.6) is 0 Å². The zero-order chi connectivity index (χ0) is 15.5. The minimum Gasteiger partial charge on any atom is -0.387 e. The molecular weight excluding hydrogens is 299 g/mol. The van der Waals surface area contributed by atoms with Crippen molar-refractivity contribution >= 4 is 11.3 Å². The summed E-state index contributed by atoms with van der Waals surface area (Å²) in [5, 5.41) is 15.1. The summed E-state index contributed by atoms with van der Waals surface area (Å²) in [6.07, 6.45) is -5.37. The number of aliphatic hydroxyl groups is 1. The van der Waals surface area contributed by atoms with Gasteiger partial charge in [0.05, 0.1) is 11.7 Å². The highest BCUT2D eigenvalue weighted by molar-refractivity contribution is 7.10. The Morgan fingerprint density at radius 3 is 2.62 bits per heavy atom. The summed E-state index contributed by atoms with van der Waals surface area (Å²) in [5.41, 5.74) is -0.485. The summed E-state index contributed by atoms with van der Waals surface area (Å²) >= 11 is 1.59. The van der Waals surface area contributed by atoms with Crippen molar-refractivity contribution in [3.8, 4) is 0 Å². The molecule has 0 fully saturated rings. The molecule has 0 aliphatic heterocycles. The molecule has 1 unspecified atom stereocenters. The Morgan fingerprint density at radius 1 is 1.24 bits per heavy atom. The van der Waals surface area contributed by atoms with Gasteiger partial charge in [0, 0.05) is 17.5 Å². The van der Waals surface area contributed by atoms with E-state index in [9.17, 15) is 18.3 Å². The fourth-order valence-corrected chi connectivity index (χ4v) is 2.73. The number of rotatable bonds is 5. The molecule has 0 aliphatic carbocycles. The molecule has 1 aromatic heterocycles. The summed E-state index contributed by atoms with van der Waals surface area (Å²) in [6, 6.07) is 8.74. The van der Waals surface area contributed by atoms with Crippen LogP contribution in [0.15, 0.2) is 41.8 Å². The Morgan fingerprint density at radius 2 is 2.00 bits per heavy atom. The summed E-state index contributed by atoms with van der Waals surface area (Å²) in [5.74, 6) is 0. The molecule has 2 atom stereocenters. The lowest BCUT2D eigenvalue weighted by Gasteiger charge is -2.17. The monoisotopic (exact) mass is 315 g/mol. The third-order valence-corrected chi connectivity index (χ3v) is 4.24. The van der Waals surface area contributed by atoms with Crippen molar-refractivity contribution in [1.82, 2.24) is 5.32 Å². The number of hydrogen-bond acceptors (Lipinski definition) is 3. The van der Waals surface area contributed by atoms with Gasteiger partial charge in [0.2, 0.25) is 0 Å². The molecule has 114 valence electrons. The second kappa shape index (κ2) is 6.60. The van der Waals surface area contributed by atoms with Gasteiger partial charge in [-0.25, -0.2) is 0 Å².